The van der Waals surface area contributed by atoms with Crippen LogP contribution < -0.4 is 4.98 Å². The summed E-state index contributed by atoms with van der Waals surface area (Å²) in [5.74, 6) is 0. The lowest BCUT2D eigenvalue weighted by atomic mass is 10.3. The normalized spacial score (nSPS) is 20.8. The van der Waals surface area contributed by atoms with Crippen LogP contribution in [0.15, 0.2) is 12.7 Å². The summed E-state index contributed by atoms with van der Waals surface area (Å²) < 4.78 is 0. The lowest BCUT2D eigenvalue weighted by Crippen LogP contribution is -2.29. The van der Waals surface area contributed by atoms with Crippen LogP contribution in [-0.2, 0) is 0 Å². The summed E-state index contributed by atoms with van der Waals surface area (Å²) in [4.78, 5) is 3.65. The third-order valence-electron chi connectivity index (χ3n) is 2.14. The van der Waals surface area contributed by atoms with E-state index >= 15 is 0 Å². The van der Waals surface area contributed by atoms with E-state index in [0.717, 1.165) is 6.04 Å². The van der Waals surface area contributed by atoms with Crippen molar-refractivity contribution in [2.24, 2.45) is 0 Å². The molecule has 2 heteroatoms. The van der Waals surface area contributed by atoms with Crippen LogP contribution in [0.5, 0.6) is 0 Å². The number of rotatable bonds is 4. The molecular weight excluding hydrogens is 138 g/mol. The van der Waals surface area contributed by atoms with Crippen molar-refractivity contribution in [1.82, 2.24) is 4.98 Å². The summed E-state index contributed by atoms with van der Waals surface area (Å²) in [5, 5.41) is 0. The van der Waals surface area contributed by atoms with Crippen molar-refractivity contribution in [2.45, 2.75) is 37.8 Å². The van der Waals surface area contributed by atoms with Gasteiger partial charge in [0.05, 0.1) is 9.68 Å². The number of nitrogens with one attached hydrogen (secondary N) is 1. The van der Waals surface area contributed by atoms with E-state index in [2.05, 4.69) is 11.6 Å². The molecule has 0 radical (unpaired) electrons. The third kappa shape index (κ3) is 2.67. The molecule has 10 heavy (non-hydrogen) atoms. The minimum Gasteiger partial charge on any atom is -0.339 e. The van der Waals surface area contributed by atoms with Crippen molar-refractivity contribution in [3.05, 3.63) is 12.7 Å². The quantitative estimate of drug-likeness (QED) is 0.365. The van der Waals surface area contributed by atoms with Crippen molar-refractivity contribution in [3.8, 4) is 0 Å². The zero-order valence-corrected chi connectivity index (χ0v) is 8.02. The standard InChI is InChI=1S/C8H17NSi/c1-2-7-10-9-8-5-3-4-6-8/h2,8-9H,1,3-7,10H2. The second-order valence-electron chi connectivity index (χ2n) is 3.01. The Morgan fingerprint density at radius 2 is 2.20 bits per heavy atom. The fraction of sp³-hybridized carbons (Fsp3) is 0.750. The molecule has 0 spiro atoms. The zero-order chi connectivity index (χ0) is 7.23. The third-order valence-corrected chi connectivity index (χ3v) is 3.70. The highest BCUT2D eigenvalue weighted by molar-refractivity contribution is 6.32. The van der Waals surface area contributed by atoms with E-state index in [9.17, 15) is 0 Å². The fourth-order valence-electron chi connectivity index (χ4n) is 1.52. The molecule has 0 aliphatic heterocycles. The van der Waals surface area contributed by atoms with E-state index in [0.29, 0.717) is 0 Å². The molecule has 1 rings (SSSR count). The Hall–Kier alpha value is -0.0831. The molecule has 1 saturated carbocycles. The molecule has 58 valence electrons. The first-order valence-corrected chi connectivity index (χ1v) is 5.98. The van der Waals surface area contributed by atoms with Gasteiger partial charge in [-0.1, -0.05) is 18.9 Å². The molecular formula is C8H17NSi. The Bertz CT molecular complexity index is 97.4. The molecule has 0 heterocycles. The van der Waals surface area contributed by atoms with Crippen LogP contribution in [0, 0.1) is 0 Å². The van der Waals surface area contributed by atoms with Gasteiger partial charge in [0, 0.05) is 0 Å². The van der Waals surface area contributed by atoms with Crippen LogP contribution in [0.4, 0.5) is 0 Å². The summed E-state index contributed by atoms with van der Waals surface area (Å²) in [6.45, 7) is 3.72. The monoisotopic (exact) mass is 155 g/mol. The first-order valence-electron chi connectivity index (χ1n) is 4.28. The molecule has 0 bridgehead atoms. The van der Waals surface area contributed by atoms with Crippen LogP contribution in [0.3, 0.4) is 0 Å². The van der Waals surface area contributed by atoms with Gasteiger partial charge in [-0.05, 0) is 24.9 Å². The van der Waals surface area contributed by atoms with Crippen molar-refractivity contribution in [2.75, 3.05) is 0 Å². The Labute approximate surface area is 65.8 Å². The van der Waals surface area contributed by atoms with E-state index in [-0.39, 0.29) is 9.68 Å². The fourth-order valence-corrected chi connectivity index (χ4v) is 2.71. The minimum absolute atomic E-state index is 0.0138. The minimum atomic E-state index is 0.0138. The molecule has 0 aromatic rings. The van der Waals surface area contributed by atoms with Crippen LogP contribution in [0.1, 0.15) is 25.7 Å². The number of allylic oxidation sites excluding steroid dienone is 1. The zero-order valence-electron chi connectivity index (χ0n) is 6.60. The van der Waals surface area contributed by atoms with E-state index in [1.807, 2.05) is 6.08 Å². The van der Waals surface area contributed by atoms with Crippen LogP contribution in [0.25, 0.3) is 0 Å². The van der Waals surface area contributed by atoms with E-state index < -0.39 is 0 Å². The first kappa shape index (κ1) is 8.02. The van der Waals surface area contributed by atoms with E-state index in [4.69, 9.17) is 0 Å². The van der Waals surface area contributed by atoms with Crippen molar-refractivity contribution >= 4 is 9.68 Å². The maximum absolute atomic E-state index is 3.72. The summed E-state index contributed by atoms with van der Waals surface area (Å²) in [7, 11) is 0.0138. The topological polar surface area (TPSA) is 12.0 Å². The van der Waals surface area contributed by atoms with Gasteiger partial charge in [-0.2, -0.15) is 0 Å². The van der Waals surface area contributed by atoms with E-state index in [1.165, 1.54) is 31.7 Å². The van der Waals surface area contributed by atoms with Crippen molar-refractivity contribution < 1.29 is 0 Å². The Kier molecular flexibility index (Phi) is 3.76. The highest BCUT2D eigenvalue weighted by Gasteiger charge is 2.12. The maximum Gasteiger partial charge on any atom is 0.0956 e. The molecule has 0 unspecified atom stereocenters. The molecule has 1 aliphatic rings. The van der Waals surface area contributed by atoms with Gasteiger partial charge in [0.15, 0.2) is 0 Å². The van der Waals surface area contributed by atoms with Gasteiger partial charge in [0.25, 0.3) is 0 Å². The predicted molar refractivity (Wildman–Crippen MR) is 48.9 cm³/mol. The van der Waals surface area contributed by atoms with Gasteiger partial charge >= 0.3 is 0 Å². The predicted octanol–water partition coefficient (Wildman–Crippen LogP) is 1.21. The van der Waals surface area contributed by atoms with Crippen LogP contribution in [-0.4, -0.2) is 15.7 Å². The van der Waals surface area contributed by atoms with Gasteiger partial charge in [0.1, 0.15) is 0 Å². The Balaban J connectivity index is 1.96. The van der Waals surface area contributed by atoms with Gasteiger partial charge in [0.2, 0.25) is 0 Å². The average molecular weight is 155 g/mol. The van der Waals surface area contributed by atoms with Gasteiger partial charge in [-0.25, -0.2) is 0 Å². The molecule has 0 saturated heterocycles. The highest BCUT2D eigenvalue weighted by Crippen LogP contribution is 2.16. The van der Waals surface area contributed by atoms with Gasteiger partial charge < -0.3 is 4.98 Å². The smallest absolute Gasteiger partial charge is 0.0956 e. The highest BCUT2D eigenvalue weighted by atomic mass is 28.2. The molecule has 0 aromatic heterocycles. The Morgan fingerprint density at radius 1 is 1.50 bits per heavy atom. The maximum atomic E-state index is 3.72. The van der Waals surface area contributed by atoms with Gasteiger partial charge in [-0.15, -0.1) is 6.58 Å². The van der Waals surface area contributed by atoms with Crippen molar-refractivity contribution in [3.63, 3.8) is 0 Å². The summed E-state index contributed by atoms with van der Waals surface area (Å²) in [5.41, 5.74) is 0. The van der Waals surface area contributed by atoms with E-state index in [1.54, 1.807) is 0 Å². The summed E-state index contributed by atoms with van der Waals surface area (Å²) in [6, 6.07) is 2.13. The molecule has 0 aromatic carbocycles. The number of hydrogen-bond acceptors (Lipinski definition) is 1. The largest absolute Gasteiger partial charge is 0.339 e. The van der Waals surface area contributed by atoms with Gasteiger partial charge in [-0.3, -0.25) is 0 Å². The average Bonchev–Trinajstić information content (AvgIpc) is 2.41. The van der Waals surface area contributed by atoms with Crippen LogP contribution in [0.2, 0.25) is 6.04 Å². The van der Waals surface area contributed by atoms with Crippen LogP contribution >= 0.6 is 0 Å². The second-order valence-corrected chi connectivity index (χ2v) is 4.50. The second kappa shape index (κ2) is 4.69. The lowest BCUT2D eigenvalue weighted by Gasteiger charge is -2.09. The Morgan fingerprint density at radius 3 is 2.80 bits per heavy atom. The SMILES string of the molecule is C=CC[SiH2]NC1CCCC1. The molecule has 1 nitrogen and oxygen atoms in total. The molecule has 1 fully saturated rings. The molecule has 0 amide bonds. The number of hydrogen-bond donors (Lipinski definition) is 1. The van der Waals surface area contributed by atoms with Crippen molar-refractivity contribution in [1.29, 1.82) is 0 Å². The molecule has 0 atom stereocenters. The molecule has 1 N–H and O–H groups in total. The molecule has 1 aliphatic carbocycles. The lowest BCUT2D eigenvalue weighted by molar-refractivity contribution is 0.644. The summed E-state index contributed by atoms with van der Waals surface area (Å²) in [6.07, 6.45) is 7.77. The summed E-state index contributed by atoms with van der Waals surface area (Å²) >= 11 is 0. The first-order chi connectivity index (χ1) is 4.93.